The minimum Gasteiger partial charge on any atom is -0.497 e. The third-order valence-electron chi connectivity index (χ3n) is 4.33. The maximum Gasteiger partial charge on any atom is 0.242 e. The molecule has 1 aliphatic rings. The summed E-state index contributed by atoms with van der Waals surface area (Å²) >= 11 is 1.30. The number of aryl methyl sites for hydroxylation is 1. The molecule has 2 aromatic rings. The number of thioether (sulfide) groups is 1. The number of aliphatic imine (C=N–C) groups is 1. The van der Waals surface area contributed by atoms with Crippen LogP contribution in [0.25, 0.3) is 0 Å². The quantitative estimate of drug-likeness (QED) is 0.698. The van der Waals surface area contributed by atoms with Crippen molar-refractivity contribution in [2.24, 2.45) is 4.99 Å². The van der Waals surface area contributed by atoms with Crippen LogP contribution in [-0.4, -0.2) is 40.8 Å². The first-order valence-electron chi connectivity index (χ1n) is 9.18. The second-order valence-corrected chi connectivity index (χ2v) is 7.72. The summed E-state index contributed by atoms with van der Waals surface area (Å²) in [5.74, 6) is 0.392. The lowest BCUT2D eigenvalue weighted by Crippen LogP contribution is -2.33. The molecule has 7 heteroatoms. The maximum atomic E-state index is 12.8. The van der Waals surface area contributed by atoms with E-state index in [1.807, 2.05) is 55.5 Å². The van der Waals surface area contributed by atoms with Crippen LogP contribution >= 0.6 is 11.8 Å². The van der Waals surface area contributed by atoms with Crippen LogP contribution in [0.15, 0.2) is 66.2 Å². The van der Waals surface area contributed by atoms with Crippen LogP contribution in [-0.2, 0) is 9.59 Å². The van der Waals surface area contributed by atoms with Gasteiger partial charge in [-0.1, -0.05) is 35.5 Å². The number of anilines is 1. The van der Waals surface area contributed by atoms with Gasteiger partial charge in [-0.25, -0.2) is 4.99 Å². The number of nitrogens with one attached hydrogen (secondary N) is 1. The molecule has 0 saturated carbocycles. The van der Waals surface area contributed by atoms with Gasteiger partial charge in [0, 0.05) is 18.7 Å². The highest BCUT2D eigenvalue weighted by Gasteiger charge is 2.38. The summed E-state index contributed by atoms with van der Waals surface area (Å²) in [4.78, 5) is 31.4. The SMILES string of the molecule is C=CCN1C(=O)[C@@H](CC(=O)Nc2ccc(C)cc2)SC1=Nc1ccc(OC)cc1. The second-order valence-electron chi connectivity index (χ2n) is 6.55. The minimum absolute atomic E-state index is 0.0760. The van der Waals surface area contributed by atoms with Crippen molar-refractivity contribution < 1.29 is 14.3 Å². The van der Waals surface area contributed by atoms with Crippen molar-refractivity contribution in [2.75, 3.05) is 19.0 Å². The molecule has 2 amide bonds. The molecular formula is C22H23N3O3S. The molecule has 2 aromatic carbocycles. The highest BCUT2D eigenvalue weighted by molar-refractivity contribution is 8.15. The molecule has 0 aromatic heterocycles. The van der Waals surface area contributed by atoms with E-state index >= 15 is 0 Å². The summed E-state index contributed by atoms with van der Waals surface area (Å²) in [5.41, 5.74) is 2.54. The molecule has 29 heavy (non-hydrogen) atoms. The first kappa shape index (κ1) is 20.7. The highest BCUT2D eigenvalue weighted by Crippen LogP contribution is 2.32. The lowest BCUT2D eigenvalue weighted by molar-refractivity contribution is -0.127. The summed E-state index contributed by atoms with van der Waals surface area (Å²) in [7, 11) is 1.60. The van der Waals surface area contributed by atoms with Gasteiger partial charge in [0.05, 0.1) is 12.8 Å². The Kier molecular flexibility index (Phi) is 6.72. The Morgan fingerprint density at radius 2 is 1.93 bits per heavy atom. The van der Waals surface area contributed by atoms with Crippen LogP contribution < -0.4 is 10.1 Å². The van der Waals surface area contributed by atoms with Gasteiger partial charge < -0.3 is 10.1 Å². The Hall–Kier alpha value is -3.06. The number of carbonyl (C=O) groups excluding carboxylic acids is 2. The van der Waals surface area contributed by atoms with Crippen molar-refractivity contribution in [3.63, 3.8) is 0 Å². The molecule has 1 atom stereocenters. The molecule has 0 radical (unpaired) electrons. The molecular weight excluding hydrogens is 386 g/mol. The van der Waals surface area contributed by atoms with Crippen molar-refractivity contribution in [3.05, 3.63) is 66.7 Å². The Bertz CT molecular complexity index is 923. The third-order valence-corrected chi connectivity index (χ3v) is 5.51. The van der Waals surface area contributed by atoms with Gasteiger partial charge in [0.2, 0.25) is 11.8 Å². The fourth-order valence-electron chi connectivity index (χ4n) is 2.81. The van der Waals surface area contributed by atoms with Gasteiger partial charge in [-0.2, -0.15) is 0 Å². The lowest BCUT2D eigenvalue weighted by atomic mass is 10.2. The van der Waals surface area contributed by atoms with E-state index < -0.39 is 5.25 Å². The van der Waals surface area contributed by atoms with Gasteiger partial charge in [-0.05, 0) is 43.3 Å². The first-order valence-corrected chi connectivity index (χ1v) is 10.1. The van der Waals surface area contributed by atoms with Crippen molar-refractivity contribution in [2.45, 2.75) is 18.6 Å². The number of benzene rings is 2. The van der Waals surface area contributed by atoms with E-state index in [0.717, 1.165) is 11.3 Å². The van der Waals surface area contributed by atoms with E-state index in [-0.39, 0.29) is 18.2 Å². The predicted molar refractivity (Wildman–Crippen MR) is 118 cm³/mol. The third kappa shape index (κ3) is 5.26. The zero-order chi connectivity index (χ0) is 20.8. The standard InChI is InChI=1S/C22H23N3O3S/c1-4-13-25-21(27)19(14-20(26)23-16-7-5-15(2)6-8-16)29-22(25)24-17-9-11-18(28-3)12-10-17/h4-12,19H,1,13-14H2,2-3H3,(H,23,26)/t19-/m1/s1. The molecule has 0 bridgehead atoms. The molecule has 6 nitrogen and oxygen atoms in total. The van der Waals surface area contributed by atoms with E-state index in [1.165, 1.54) is 11.8 Å². The average Bonchev–Trinajstić information content (AvgIpc) is 2.99. The number of carbonyl (C=O) groups is 2. The lowest BCUT2D eigenvalue weighted by Gasteiger charge is -2.14. The van der Waals surface area contributed by atoms with E-state index in [4.69, 9.17) is 4.74 Å². The molecule has 0 unspecified atom stereocenters. The number of rotatable bonds is 7. The van der Waals surface area contributed by atoms with Gasteiger partial charge in [0.1, 0.15) is 11.0 Å². The molecule has 0 spiro atoms. The number of amidine groups is 1. The Balaban J connectivity index is 1.71. The Morgan fingerprint density at radius 1 is 1.24 bits per heavy atom. The molecule has 1 saturated heterocycles. The maximum absolute atomic E-state index is 12.8. The monoisotopic (exact) mass is 409 g/mol. The van der Waals surface area contributed by atoms with E-state index in [0.29, 0.717) is 23.1 Å². The van der Waals surface area contributed by atoms with Crippen molar-refractivity contribution in [1.82, 2.24) is 4.90 Å². The summed E-state index contributed by atoms with van der Waals surface area (Å²) in [5, 5.41) is 2.89. The van der Waals surface area contributed by atoms with Gasteiger partial charge in [0.25, 0.3) is 0 Å². The molecule has 1 aliphatic heterocycles. The number of amides is 2. The number of methoxy groups -OCH3 is 1. The largest absolute Gasteiger partial charge is 0.497 e. The van der Waals surface area contributed by atoms with Gasteiger partial charge in [0.15, 0.2) is 5.17 Å². The van der Waals surface area contributed by atoms with Gasteiger partial charge >= 0.3 is 0 Å². The molecule has 1 N–H and O–H groups in total. The number of nitrogens with zero attached hydrogens (tertiary/aromatic N) is 2. The minimum atomic E-state index is -0.516. The summed E-state index contributed by atoms with van der Waals surface area (Å²) in [6, 6.07) is 14.8. The summed E-state index contributed by atoms with van der Waals surface area (Å²) in [6.45, 7) is 6.05. The normalized spacial score (nSPS) is 17.4. The number of ether oxygens (including phenoxy) is 1. The molecule has 1 heterocycles. The van der Waals surface area contributed by atoms with E-state index in [1.54, 1.807) is 18.1 Å². The molecule has 3 rings (SSSR count). The predicted octanol–water partition coefficient (Wildman–Crippen LogP) is 4.15. The van der Waals surface area contributed by atoms with Crippen LogP contribution in [0.1, 0.15) is 12.0 Å². The fraction of sp³-hybridized carbons (Fsp3) is 0.227. The highest BCUT2D eigenvalue weighted by atomic mass is 32.2. The van der Waals surface area contributed by atoms with Crippen LogP contribution in [0.3, 0.4) is 0 Å². The smallest absolute Gasteiger partial charge is 0.242 e. The van der Waals surface area contributed by atoms with Gasteiger partial charge in [-0.15, -0.1) is 6.58 Å². The Labute approximate surface area is 174 Å². The topological polar surface area (TPSA) is 71.0 Å². The van der Waals surface area contributed by atoms with Crippen LogP contribution in [0.5, 0.6) is 5.75 Å². The second kappa shape index (κ2) is 9.43. The molecule has 150 valence electrons. The summed E-state index contributed by atoms with van der Waals surface area (Å²) < 4.78 is 5.16. The van der Waals surface area contributed by atoms with E-state index in [9.17, 15) is 9.59 Å². The van der Waals surface area contributed by atoms with Crippen molar-refractivity contribution >= 4 is 40.1 Å². The molecule has 1 fully saturated rings. The van der Waals surface area contributed by atoms with Crippen LogP contribution in [0, 0.1) is 6.92 Å². The van der Waals surface area contributed by atoms with E-state index in [2.05, 4.69) is 16.9 Å². The van der Waals surface area contributed by atoms with Crippen LogP contribution in [0.2, 0.25) is 0 Å². The van der Waals surface area contributed by atoms with Crippen molar-refractivity contribution in [3.8, 4) is 5.75 Å². The van der Waals surface area contributed by atoms with Crippen LogP contribution in [0.4, 0.5) is 11.4 Å². The Morgan fingerprint density at radius 3 is 2.55 bits per heavy atom. The van der Waals surface area contributed by atoms with Gasteiger partial charge in [-0.3, -0.25) is 14.5 Å². The zero-order valence-corrected chi connectivity index (χ0v) is 17.2. The average molecular weight is 410 g/mol. The zero-order valence-electron chi connectivity index (χ0n) is 16.4. The number of hydrogen-bond donors (Lipinski definition) is 1. The fourth-order valence-corrected chi connectivity index (χ4v) is 3.97. The van der Waals surface area contributed by atoms with Crippen molar-refractivity contribution in [1.29, 1.82) is 0 Å². The first-order chi connectivity index (χ1) is 14.0. The summed E-state index contributed by atoms with van der Waals surface area (Å²) in [6.07, 6.45) is 1.73. The number of hydrogen-bond acceptors (Lipinski definition) is 5. The molecule has 0 aliphatic carbocycles.